The third-order valence-electron chi connectivity index (χ3n) is 2.60. The number of pyridine rings is 1. The van der Waals surface area contributed by atoms with Gasteiger partial charge in [-0.05, 0) is 18.2 Å². The van der Waals surface area contributed by atoms with Crippen molar-refractivity contribution in [3.63, 3.8) is 0 Å². The van der Waals surface area contributed by atoms with Gasteiger partial charge in [-0.2, -0.15) is 9.50 Å². The van der Waals surface area contributed by atoms with Gasteiger partial charge in [0.15, 0.2) is 0 Å². The predicted molar refractivity (Wildman–Crippen MR) is 65.3 cm³/mol. The van der Waals surface area contributed by atoms with Crippen molar-refractivity contribution in [2.24, 2.45) is 0 Å². The smallest absolute Gasteiger partial charge is 0.378 e. The van der Waals surface area contributed by atoms with E-state index in [1.807, 2.05) is 0 Å². The van der Waals surface area contributed by atoms with Crippen molar-refractivity contribution in [3.05, 3.63) is 42.2 Å². The van der Waals surface area contributed by atoms with Crippen molar-refractivity contribution >= 4 is 11.7 Å². The number of aromatic nitrogens is 5. The first-order chi connectivity index (χ1) is 9.69. The van der Waals surface area contributed by atoms with E-state index in [1.54, 1.807) is 6.07 Å². The molecular formula is C12H8FN5O2. The molecule has 3 aromatic rings. The standard InChI is InChI=1S/C12H8FN5O2/c1-20-11(19)10-16-12-14-5-4-9(18(12)17-10)8-3-2-7(13)6-15-8/h2-6H,1H3. The number of hydrogen-bond acceptors (Lipinski definition) is 6. The number of nitrogens with zero attached hydrogens (tertiary/aromatic N) is 5. The molecule has 0 saturated carbocycles. The lowest BCUT2D eigenvalue weighted by Crippen LogP contribution is -2.04. The van der Waals surface area contributed by atoms with E-state index in [0.29, 0.717) is 11.4 Å². The number of carbonyl (C=O) groups excluding carboxylic acids is 1. The average molecular weight is 273 g/mol. The van der Waals surface area contributed by atoms with E-state index >= 15 is 0 Å². The Hall–Kier alpha value is -2.90. The van der Waals surface area contributed by atoms with Gasteiger partial charge in [-0.1, -0.05) is 0 Å². The molecule has 0 atom stereocenters. The molecule has 8 heteroatoms. The molecule has 0 bridgehead atoms. The van der Waals surface area contributed by atoms with Gasteiger partial charge in [0.2, 0.25) is 0 Å². The fourth-order valence-electron chi connectivity index (χ4n) is 1.69. The number of esters is 1. The van der Waals surface area contributed by atoms with Gasteiger partial charge in [0.05, 0.1) is 24.7 Å². The molecule has 7 nitrogen and oxygen atoms in total. The largest absolute Gasteiger partial charge is 0.463 e. The normalized spacial score (nSPS) is 10.7. The fourth-order valence-corrected chi connectivity index (χ4v) is 1.69. The van der Waals surface area contributed by atoms with Gasteiger partial charge < -0.3 is 4.74 Å². The van der Waals surface area contributed by atoms with E-state index in [0.717, 1.165) is 6.20 Å². The summed E-state index contributed by atoms with van der Waals surface area (Å²) in [6.45, 7) is 0. The average Bonchev–Trinajstić information content (AvgIpc) is 2.91. The third kappa shape index (κ3) is 1.96. The van der Waals surface area contributed by atoms with Gasteiger partial charge in [0, 0.05) is 6.20 Å². The fraction of sp³-hybridized carbons (Fsp3) is 0.0833. The van der Waals surface area contributed by atoms with Crippen molar-refractivity contribution in [2.75, 3.05) is 7.11 Å². The van der Waals surface area contributed by atoms with Gasteiger partial charge >= 0.3 is 5.97 Å². The van der Waals surface area contributed by atoms with Crippen molar-refractivity contribution < 1.29 is 13.9 Å². The SMILES string of the molecule is COC(=O)c1nc2nccc(-c3ccc(F)cn3)n2n1. The maximum Gasteiger partial charge on any atom is 0.378 e. The van der Waals surface area contributed by atoms with Crippen LogP contribution in [0.2, 0.25) is 0 Å². The zero-order chi connectivity index (χ0) is 14.1. The Morgan fingerprint density at radius 3 is 2.85 bits per heavy atom. The molecule has 100 valence electrons. The zero-order valence-electron chi connectivity index (χ0n) is 10.3. The summed E-state index contributed by atoms with van der Waals surface area (Å²) >= 11 is 0. The van der Waals surface area contributed by atoms with E-state index in [2.05, 4.69) is 24.8 Å². The Labute approximate surface area is 112 Å². The van der Waals surface area contributed by atoms with Gasteiger partial charge in [-0.15, -0.1) is 5.10 Å². The van der Waals surface area contributed by atoms with Crippen LogP contribution in [-0.2, 0) is 4.74 Å². The monoisotopic (exact) mass is 273 g/mol. The molecule has 0 fully saturated rings. The Bertz CT molecular complexity index is 784. The molecule has 0 aliphatic carbocycles. The Kier molecular flexibility index (Phi) is 2.82. The summed E-state index contributed by atoms with van der Waals surface area (Å²) in [6, 6.07) is 4.43. The van der Waals surface area contributed by atoms with Gasteiger partial charge in [0.1, 0.15) is 5.82 Å². The Balaban J connectivity index is 2.18. The molecule has 0 radical (unpaired) electrons. The molecule has 3 rings (SSSR count). The highest BCUT2D eigenvalue weighted by Gasteiger charge is 2.16. The number of methoxy groups -OCH3 is 1. The maximum absolute atomic E-state index is 12.9. The minimum atomic E-state index is -0.659. The Morgan fingerprint density at radius 2 is 2.15 bits per heavy atom. The molecule has 3 aromatic heterocycles. The highest BCUT2D eigenvalue weighted by Crippen LogP contribution is 2.16. The highest BCUT2D eigenvalue weighted by molar-refractivity contribution is 5.85. The van der Waals surface area contributed by atoms with Crippen LogP contribution in [-0.4, -0.2) is 37.6 Å². The summed E-state index contributed by atoms with van der Waals surface area (Å²) in [5, 5.41) is 4.02. The molecule has 0 saturated heterocycles. The molecule has 0 amide bonds. The minimum Gasteiger partial charge on any atom is -0.463 e. The Morgan fingerprint density at radius 1 is 1.30 bits per heavy atom. The zero-order valence-corrected chi connectivity index (χ0v) is 10.3. The van der Waals surface area contributed by atoms with Crippen molar-refractivity contribution in [1.29, 1.82) is 0 Å². The van der Waals surface area contributed by atoms with Crippen LogP contribution in [0.15, 0.2) is 30.6 Å². The summed E-state index contributed by atoms with van der Waals surface area (Å²) in [5.74, 6) is -0.968. The lowest BCUT2D eigenvalue weighted by Gasteiger charge is -2.01. The van der Waals surface area contributed by atoms with E-state index in [1.165, 1.54) is 30.0 Å². The van der Waals surface area contributed by atoms with E-state index in [9.17, 15) is 9.18 Å². The molecule has 0 N–H and O–H groups in total. The second kappa shape index (κ2) is 4.65. The number of carbonyl (C=O) groups is 1. The first-order valence-electron chi connectivity index (χ1n) is 5.61. The number of rotatable bonds is 2. The summed E-state index contributed by atoms with van der Waals surface area (Å²) in [5.41, 5.74) is 1.03. The second-order valence-corrected chi connectivity index (χ2v) is 3.83. The van der Waals surface area contributed by atoms with Gasteiger partial charge in [-0.25, -0.2) is 14.2 Å². The molecule has 3 heterocycles. The molecule has 0 aromatic carbocycles. The van der Waals surface area contributed by atoms with E-state index in [-0.39, 0.29) is 11.6 Å². The van der Waals surface area contributed by atoms with Gasteiger partial charge in [0.25, 0.3) is 11.6 Å². The molecule has 0 spiro atoms. The van der Waals surface area contributed by atoms with Crippen LogP contribution in [0.1, 0.15) is 10.6 Å². The van der Waals surface area contributed by atoms with Gasteiger partial charge in [-0.3, -0.25) is 4.98 Å². The van der Waals surface area contributed by atoms with Crippen LogP contribution < -0.4 is 0 Å². The summed E-state index contributed by atoms with van der Waals surface area (Å²) in [7, 11) is 1.24. The molecular weight excluding hydrogens is 265 g/mol. The quantitative estimate of drug-likeness (QED) is 0.650. The summed E-state index contributed by atoms with van der Waals surface area (Å²) < 4.78 is 18.8. The van der Waals surface area contributed by atoms with Crippen LogP contribution in [0.4, 0.5) is 4.39 Å². The molecule has 0 aliphatic rings. The van der Waals surface area contributed by atoms with Crippen LogP contribution in [0.25, 0.3) is 17.2 Å². The van der Waals surface area contributed by atoms with Crippen molar-refractivity contribution in [3.8, 4) is 11.4 Å². The number of hydrogen-bond donors (Lipinski definition) is 0. The van der Waals surface area contributed by atoms with E-state index < -0.39 is 11.8 Å². The summed E-state index contributed by atoms with van der Waals surface area (Å²) in [4.78, 5) is 23.3. The molecule has 20 heavy (non-hydrogen) atoms. The number of ether oxygens (including phenoxy) is 1. The first kappa shape index (κ1) is 12.2. The number of fused-ring (bicyclic) bond motifs is 1. The van der Waals surface area contributed by atoms with E-state index in [4.69, 9.17) is 0 Å². The first-order valence-corrected chi connectivity index (χ1v) is 5.61. The molecule has 0 unspecified atom stereocenters. The van der Waals surface area contributed by atoms with Crippen LogP contribution >= 0.6 is 0 Å². The lowest BCUT2D eigenvalue weighted by molar-refractivity contribution is 0.0587. The van der Waals surface area contributed by atoms with Crippen LogP contribution in [0.5, 0.6) is 0 Å². The van der Waals surface area contributed by atoms with Crippen LogP contribution in [0, 0.1) is 5.82 Å². The maximum atomic E-state index is 12.9. The lowest BCUT2D eigenvalue weighted by atomic mass is 10.2. The van der Waals surface area contributed by atoms with Crippen LogP contribution in [0.3, 0.4) is 0 Å². The highest BCUT2D eigenvalue weighted by atomic mass is 19.1. The summed E-state index contributed by atoms with van der Waals surface area (Å²) in [6.07, 6.45) is 2.60. The second-order valence-electron chi connectivity index (χ2n) is 3.83. The molecule has 0 aliphatic heterocycles. The topological polar surface area (TPSA) is 82.3 Å². The van der Waals surface area contributed by atoms with Crippen molar-refractivity contribution in [1.82, 2.24) is 24.6 Å². The predicted octanol–water partition coefficient (Wildman–Crippen LogP) is 1.11. The van der Waals surface area contributed by atoms with Crippen molar-refractivity contribution in [2.45, 2.75) is 0 Å². The number of halogens is 1. The minimum absolute atomic E-state index is 0.102. The third-order valence-corrected chi connectivity index (χ3v) is 2.60.